The van der Waals surface area contributed by atoms with Crippen LogP contribution < -0.4 is 11.1 Å². The number of ether oxygens (including phenoxy) is 2. The predicted octanol–water partition coefficient (Wildman–Crippen LogP) is 0.0756. The molecule has 0 bridgehead atoms. The van der Waals surface area contributed by atoms with Gasteiger partial charge < -0.3 is 20.5 Å². The lowest BCUT2D eigenvalue weighted by Crippen LogP contribution is -2.45. The van der Waals surface area contributed by atoms with Gasteiger partial charge in [0.05, 0.1) is 12.3 Å². The van der Waals surface area contributed by atoms with E-state index < -0.39 is 5.60 Å². The van der Waals surface area contributed by atoms with E-state index in [1.807, 2.05) is 0 Å². The van der Waals surface area contributed by atoms with Gasteiger partial charge in [0, 0.05) is 45.0 Å². The Labute approximate surface area is 112 Å². The quantitative estimate of drug-likeness (QED) is 0.787. The number of hydrogen-bond donors (Lipinski definition) is 2. The molecular weight excluding hydrogens is 246 g/mol. The lowest BCUT2D eigenvalue weighted by molar-refractivity contribution is -0.0148. The molecule has 1 aromatic rings. The minimum atomic E-state index is -0.403. The average Bonchev–Trinajstić information content (AvgIpc) is 2.94. The number of carbonyl (C=O) groups is 1. The highest BCUT2D eigenvalue weighted by Gasteiger charge is 2.35. The minimum absolute atomic E-state index is 0.152. The van der Waals surface area contributed by atoms with Crippen LogP contribution in [0, 0.1) is 0 Å². The Morgan fingerprint density at radius 1 is 1.68 bits per heavy atom. The second-order valence-corrected chi connectivity index (χ2v) is 4.61. The Morgan fingerprint density at radius 3 is 3.16 bits per heavy atom. The van der Waals surface area contributed by atoms with E-state index in [9.17, 15) is 4.79 Å². The average molecular weight is 265 g/mol. The van der Waals surface area contributed by atoms with Crippen LogP contribution in [0.5, 0.6) is 0 Å². The second kappa shape index (κ2) is 6.10. The Bertz CT molecular complexity index is 445. The molecule has 2 heterocycles. The number of nitrogens with zero attached hydrogens (tertiary/aromatic N) is 1. The van der Waals surface area contributed by atoms with Gasteiger partial charge >= 0.3 is 0 Å². The summed E-state index contributed by atoms with van der Waals surface area (Å²) in [5, 5.41) is 2.87. The number of aromatic nitrogens is 1. The van der Waals surface area contributed by atoms with E-state index in [1.54, 1.807) is 25.4 Å². The molecule has 1 unspecified atom stereocenters. The monoisotopic (exact) mass is 265 g/mol. The molecule has 1 saturated heterocycles. The van der Waals surface area contributed by atoms with Crippen molar-refractivity contribution in [1.29, 1.82) is 0 Å². The fourth-order valence-electron chi connectivity index (χ4n) is 2.04. The molecule has 104 valence electrons. The lowest BCUT2D eigenvalue weighted by Gasteiger charge is -2.25. The summed E-state index contributed by atoms with van der Waals surface area (Å²) in [5.74, 6) is -0.152. The number of nitrogens with two attached hydrogens (primary N) is 1. The van der Waals surface area contributed by atoms with Crippen LogP contribution in [0.4, 0.5) is 0 Å². The molecule has 1 aliphatic heterocycles. The fourth-order valence-corrected chi connectivity index (χ4v) is 2.04. The summed E-state index contributed by atoms with van der Waals surface area (Å²) in [6.45, 7) is 1.92. The van der Waals surface area contributed by atoms with Crippen molar-refractivity contribution in [1.82, 2.24) is 10.3 Å². The van der Waals surface area contributed by atoms with Gasteiger partial charge in [-0.2, -0.15) is 0 Å². The van der Waals surface area contributed by atoms with Crippen molar-refractivity contribution < 1.29 is 14.3 Å². The van der Waals surface area contributed by atoms with Gasteiger partial charge in [0.15, 0.2) is 0 Å². The van der Waals surface area contributed by atoms with Crippen LogP contribution in [0.25, 0.3) is 0 Å². The van der Waals surface area contributed by atoms with E-state index in [4.69, 9.17) is 15.2 Å². The van der Waals surface area contributed by atoms with Crippen LogP contribution in [0.2, 0.25) is 0 Å². The summed E-state index contributed by atoms with van der Waals surface area (Å²) in [6.07, 6.45) is 2.37. The van der Waals surface area contributed by atoms with Crippen molar-refractivity contribution in [2.45, 2.75) is 18.6 Å². The molecule has 19 heavy (non-hydrogen) atoms. The van der Waals surface area contributed by atoms with Gasteiger partial charge in [-0.15, -0.1) is 0 Å². The third-order valence-corrected chi connectivity index (χ3v) is 3.36. The number of carbonyl (C=O) groups excluding carboxylic acids is 1. The molecular formula is C13H19N3O3. The summed E-state index contributed by atoms with van der Waals surface area (Å²) >= 11 is 0. The van der Waals surface area contributed by atoms with Gasteiger partial charge in [-0.25, -0.2) is 0 Å². The Morgan fingerprint density at radius 2 is 2.53 bits per heavy atom. The van der Waals surface area contributed by atoms with Crippen molar-refractivity contribution >= 4 is 5.91 Å². The van der Waals surface area contributed by atoms with E-state index in [2.05, 4.69) is 10.3 Å². The highest BCUT2D eigenvalue weighted by molar-refractivity contribution is 5.94. The highest BCUT2D eigenvalue weighted by atomic mass is 16.5. The van der Waals surface area contributed by atoms with Gasteiger partial charge in [-0.1, -0.05) is 0 Å². The second-order valence-electron chi connectivity index (χ2n) is 4.61. The molecule has 0 aromatic carbocycles. The van der Waals surface area contributed by atoms with Crippen LogP contribution in [0.1, 0.15) is 22.5 Å². The summed E-state index contributed by atoms with van der Waals surface area (Å²) < 4.78 is 10.8. The van der Waals surface area contributed by atoms with Crippen molar-refractivity contribution in [3.8, 4) is 0 Å². The summed E-state index contributed by atoms with van der Waals surface area (Å²) in [5.41, 5.74) is 6.35. The maximum Gasteiger partial charge on any atom is 0.251 e. The van der Waals surface area contributed by atoms with Crippen molar-refractivity contribution in [2.24, 2.45) is 5.73 Å². The molecule has 1 fully saturated rings. The zero-order chi connectivity index (χ0) is 13.7. The molecule has 0 aliphatic carbocycles. The number of pyridine rings is 1. The molecule has 1 amide bonds. The van der Waals surface area contributed by atoms with Gasteiger partial charge in [0.25, 0.3) is 5.91 Å². The number of nitrogens with one attached hydrogen (secondary N) is 1. The molecule has 6 heteroatoms. The molecule has 0 spiro atoms. The summed E-state index contributed by atoms with van der Waals surface area (Å²) in [7, 11) is 1.64. The SMILES string of the molecule is COC1(CNC(=O)c2ccnc(CN)c2)CCOC1. The first-order valence-corrected chi connectivity index (χ1v) is 6.25. The van der Waals surface area contributed by atoms with Crippen molar-refractivity contribution in [3.63, 3.8) is 0 Å². The predicted molar refractivity (Wildman–Crippen MR) is 69.6 cm³/mol. The molecule has 0 saturated carbocycles. The number of methoxy groups -OCH3 is 1. The fraction of sp³-hybridized carbons (Fsp3) is 0.538. The first-order chi connectivity index (χ1) is 9.19. The van der Waals surface area contributed by atoms with Crippen LogP contribution >= 0.6 is 0 Å². The van der Waals surface area contributed by atoms with Crippen LogP contribution in [-0.4, -0.2) is 43.4 Å². The molecule has 0 radical (unpaired) electrons. The highest BCUT2D eigenvalue weighted by Crippen LogP contribution is 2.21. The maximum absolute atomic E-state index is 12.1. The first kappa shape index (κ1) is 13.9. The van der Waals surface area contributed by atoms with Gasteiger partial charge in [0.1, 0.15) is 5.60 Å². The van der Waals surface area contributed by atoms with Gasteiger partial charge in [-0.3, -0.25) is 9.78 Å². The van der Waals surface area contributed by atoms with Crippen molar-refractivity contribution in [2.75, 3.05) is 26.9 Å². The number of amides is 1. The summed E-state index contributed by atoms with van der Waals surface area (Å²) in [6, 6.07) is 3.36. The topological polar surface area (TPSA) is 86.5 Å². The first-order valence-electron chi connectivity index (χ1n) is 6.25. The smallest absolute Gasteiger partial charge is 0.251 e. The minimum Gasteiger partial charge on any atom is -0.378 e. The Kier molecular flexibility index (Phi) is 4.47. The standard InChI is InChI=1S/C13H19N3O3/c1-18-13(3-5-19-9-13)8-16-12(17)10-2-4-15-11(6-10)7-14/h2,4,6H,3,5,7-9,14H2,1H3,(H,16,17). The zero-order valence-electron chi connectivity index (χ0n) is 11.0. The summed E-state index contributed by atoms with van der Waals surface area (Å²) in [4.78, 5) is 16.1. The molecule has 1 atom stereocenters. The molecule has 2 rings (SSSR count). The van der Waals surface area contributed by atoms with Crippen LogP contribution in [0.3, 0.4) is 0 Å². The zero-order valence-corrected chi connectivity index (χ0v) is 11.0. The largest absolute Gasteiger partial charge is 0.378 e. The van der Waals surface area contributed by atoms with Crippen LogP contribution in [0.15, 0.2) is 18.3 Å². The van der Waals surface area contributed by atoms with E-state index >= 15 is 0 Å². The Hall–Kier alpha value is -1.50. The van der Waals surface area contributed by atoms with Crippen LogP contribution in [-0.2, 0) is 16.0 Å². The van der Waals surface area contributed by atoms with E-state index in [0.29, 0.717) is 37.6 Å². The van der Waals surface area contributed by atoms with E-state index in [-0.39, 0.29) is 5.91 Å². The molecule has 1 aliphatic rings. The van der Waals surface area contributed by atoms with Gasteiger partial charge in [0.2, 0.25) is 0 Å². The number of hydrogen-bond acceptors (Lipinski definition) is 5. The molecule has 3 N–H and O–H groups in total. The Balaban J connectivity index is 1.97. The third kappa shape index (κ3) is 3.28. The van der Waals surface area contributed by atoms with Crippen molar-refractivity contribution in [3.05, 3.63) is 29.6 Å². The lowest BCUT2D eigenvalue weighted by atomic mass is 10.0. The van der Waals surface area contributed by atoms with E-state index in [0.717, 1.165) is 6.42 Å². The number of rotatable bonds is 5. The molecule has 6 nitrogen and oxygen atoms in total. The normalized spacial score (nSPS) is 22.4. The van der Waals surface area contributed by atoms with Gasteiger partial charge in [-0.05, 0) is 12.1 Å². The third-order valence-electron chi connectivity index (χ3n) is 3.36. The maximum atomic E-state index is 12.1. The molecule has 1 aromatic heterocycles. The van der Waals surface area contributed by atoms with E-state index in [1.165, 1.54) is 0 Å².